The average molecular weight is 446 g/mol. The van der Waals surface area contributed by atoms with Crippen molar-refractivity contribution in [1.82, 2.24) is 19.0 Å². The Morgan fingerprint density at radius 3 is 2.91 bits per heavy atom. The van der Waals surface area contributed by atoms with Gasteiger partial charge in [0.05, 0.1) is 31.1 Å². The second-order valence-electron chi connectivity index (χ2n) is 9.10. The van der Waals surface area contributed by atoms with Crippen LogP contribution in [0.3, 0.4) is 0 Å². The van der Waals surface area contributed by atoms with Crippen LogP contribution in [0.25, 0.3) is 33.7 Å². The molecular formula is C25H27N5O3. The summed E-state index contributed by atoms with van der Waals surface area (Å²) in [6.07, 6.45) is 6.97. The number of furan rings is 1. The zero-order valence-electron chi connectivity index (χ0n) is 18.9. The Labute approximate surface area is 191 Å². The van der Waals surface area contributed by atoms with E-state index in [4.69, 9.17) is 19.9 Å². The Balaban J connectivity index is 1.47. The third-order valence-corrected chi connectivity index (χ3v) is 6.74. The highest BCUT2D eigenvalue weighted by Crippen LogP contribution is 2.38. The molecule has 8 nitrogen and oxygen atoms in total. The maximum Gasteiger partial charge on any atom is 0.254 e. The summed E-state index contributed by atoms with van der Waals surface area (Å²) in [7, 11) is 3.61. The number of hydrogen-bond donors (Lipinski definition) is 1. The lowest BCUT2D eigenvalue weighted by Gasteiger charge is -2.26. The molecule has 1 aliphatic heterocycles. The van der Waals surface area contributed by atoms with E-state index in [0.29, 0.717) is 30.3 Å². The van der Waals surface area contributed by atoms with Gasteiger partial charge in [0.1, 0.15) is 11.3 Å². The maximum atomic E-state index is 13.2. The van der Waals surface area contributed by atoms with Crippen molar-refractivity contribution in [2.75, 3.05) is 20.2 Å². The summed E-state index contributed by atoms with van der Waals surface area (Å²) >= 11 is 0. The number of imidazole rings is 1. The Morgan fingerprint density at radius 1 is 1.30 bits per heavy atom. The van der Waals surface area contributed by atoms with Gasteiger partial charge in [-0.1, -0.05) is 6.08 Å². The van der Waals surface area contributed by atoms with Crippen molar-refractivity contribution in [3.63, 3.8) is 0 Å². The number of hydrogen-bond acceptors (Lipinski definition) is 5. The minimum Gasteiger partial charge on any atom is -0.494 e. The van der Waals surface area contributed by atoms with Crippen LogP contribution >= 0.6 is 0 Å². The second kappa shape index (κ2) is 7.43. The maximum absolute atomic E-state index is 13.2. The van der Waals surface area contributed by atoms with Crippen molar-refractivity contribution >= 4 is 28.0 Å². The van der Waals surface area contributed by atoms with Crippen LogP contribution in [-0.4, -0.2) is 45.1 Å². The summed E-state index contributed by atoms with van der Waals surface area (Å²) in [6.45, 7) is 2.02. The van der Waals surface area contributed by atoms with E-state index in [-0.39, 0.29) is 5.91 Å². The van der Waals surface area contributed by atoms with E-state index in [1.807, 2.05) is 29.8 Å². The summed E-state index contributed by atoms with van der Waals surface area (Å²) in [5.41, 5.74) is 10.7. The number of ether oxygens (including phenoxy) is 1. The highest BCUT2D eigenvalue weighted by molar-refractivity contribution is 6.00. The normalized spacial score (nSPS) is 16.5. The first-order chi connectivity index (χ1) is 16.0. The molecular weight excluding hydrogens is 418 g/mol. The number of nitrogens with two attached hydrogens (primary N) is 1. The van der Waals surface area contributed by atoms with Gasteiger partial charge in [0.2, 0.25) is 5.71 Å². The van der Waals surface area contributed by atoms with Gasteiger partial charge in [0, 0.05) is 36.8 Å². The lowest BCUT2D eigenvalue weighted by Crippen LogP contribution is -2.37. The number of methoxy groups -OCH3 is 1. The molecule has 4 aromatic rings. The van der Waals surface area contributed by atoms with E-state index in [1.54, 1.807) is 24.3 Å². The number of benzene rings is 1. The molecule has 0 bridgehead atoms. The molecule has 4 heterocycles. The monoisotopic (exact) mass is 445 g/mol. The highest BCUT2D eigenvalue weighted by Gasteiger charge is 2.27. The fourth-order valence-electron chi connectivity index (χ4n) is 4.84. The molecule has 1 fully saturated rings. The van der Waals surface area contributed by atoms with E-state index in [9.17, 15) is 4.79 Å². The lowest BCUT2D eigenvalue weighted by atomic mass is 10.1. The summed E-state index contributed by atoms with van der Waals surface area (Å²) in [5.74, 6) is 2.07. The molecule has 1 aromatic carbocycles. The van der Waals surface area contributed by atoms with Crippen molar-refractivity contribution in [3.8, 4) is 17.3 Å². The number of rotatable bonds is 5. The lowest BCUT2D eigenvalue weighted by molar-refractivity contribution is 0.0765. The molecule has 2 aliphatic rings. The van der Waals surface area contributed by atoms with Gasteiger partial charge in [-0.2, -0.15) is 0 Å². The number of nitrogens with zero attached hydrogens (tertiary/aromatic N) is 4. The van der Waals surface area contributed by atoms with Crippen LogP contribution in [0.2, 0.25) is 0 Å². The number of amides is 1. The predicted molar refractivity (Wildman–Crippen MR) is 126 cm³/mol. The van der Waals surface area contributed by atoms with Gasteiger partial charge in [-0.25, -0.2) is 4.98 Å². The van der Waals surface area contributed by atoms with Gasteiger partial charge in [-0.05, 0) is 49.4 Å². The molecule has 1 amide bonds. The molecule has 3 aromatic heterocycles. The van der Waals surface area contributed by atoms with Crippen LogP contribution in [0.1, 0.15) is 29.6 Å². The number of aromatic nitrogens is 3. The van der Waals surface area contributed by atoms with Crippen molar-refractivity contribution in [3.05, 3.63) is 47.9 Å². The van der Waals surface area contributed by atoms with Gasteiger partial charge < -0.3 is 28.9 Å². The van der Waals surface area contributed by atoms with Crippen LogP contribution in [0.5, 0.6) is 5.75 Å². The topological polar surface area (TPSA) is 91.5 Å². The summed E-state index contributed by atoms with van der Waals surface area (Å²) in [4.78, 5) is 20.0. The van der Waals surface area contributed by atoms with Crippen LogP contribution < -0.4 is 10.5 Å². The van der Waals surface area contributed by atoms with Gasteiger partial charge in [0.25, 0.3) is 5.91 Å². The van der Waals surface area contributed by atoms with Crippen molar-refractivity contribution in [1.29, 1.82) is 0 Å². The molecule has 0 radical (unpaired) electrons. The smallest absolute Gasteiger partial charge is 0.254 e. The highest BCUT2D eigenvalue weighted by atomic mass is 16.5. The molecule has 170 valence electrons. The first kappa shape index (κ1) is 20.0. The number of carbonyl (C=O) groups is 1. The minimum absolute atomic E-state index is 0.0620. The Kier molecular flexibility index (Phi) is 4.50. The molecule has 0 unspecified atom stereocenters. The van der Waals surface area contributed by atoms with Gasteiger partial charge in [-0.15, -0.1) is 0 Å². The first-order valence-corrected chi connectivity index (χ1v) is 11.4. The largest absolute Gasteiger partial charge is 0.494 e. The van der Waals surface area contributed by atoms with Gasteiger partial charge in [-0.3, -0.25) is 4.79 Å². The molecule has 1 saturated carbocycles. The fourth-order valence-corrected chi connectivity index (χ4v) is 4.84. The molecule has 6 rings (SSSR count). The molecule has 0 spiro atoms. The average Bonchev–Trinajstić information content (AvgIpc) is 3.26. The molecule has 0 saturated heterocycles. The standard InChI is InChI=1S/C25H27N5O3/c1-28-22-19(10-17(12-21(22)32-2)24(31)29-8-3-4-18(26)14-29)27-23(28)20-11-16-7-9-33-25(16)30(20)13-15-5-6-15/h4,7,9-12,15H,3,5-6,8,13-14,26H2,1-2H3. The molecule has 0 atom stereocenters. The summed E-state index contributed by atoms with van der Waals surface area (Å²) < 4.78 is 15.8. The number of aryl methyl sites for hydroxylation is 1. The fraction of sp³-hybridized carbons (Fsp3) is 0.360. The van der Waals surface area contributed by atoms with E-state index >= 15 is 0 Å². The number of fused-ring (bicyclic) bond motifs is 2. The third kappa shape index (κ3) is 3.28. The van der Waals surface area contributed by atoms with Crippen molar-refractivity contribution in [2.24, 2.45) is 18.7 Å². The summed E-state index contributed by atoms with van der Waals surface area (Å²) in [6, 6.07) is 7.78. The van der Waals surface area contributed by atoms with E-state index < -0.39 is 0 Å². The minimum atomic E-state index is -0.0620. The molecule has 33 heavy (non-hydrogen) atoms. The molecule has 1 aliphatic carbocycles. The van der Waals surface area contributed by atoms with E-state index in [1.165, 1.54) is 12.8 Å². The van der Waals surface area contributed by atoms with Gasteiger partial charge >= 0.3 is 0 Å². The molecule has 2 N–H and O–H groups in total. The third-order valence-electron chi connectivity index (χ3n) is 6.74. The van der Waals surface area contributed by atoms with E-state index in [2.05, 4.69) is 10.6 Å². The van der Waals surface area contributed by atoms with Crippen LogP contribution in [0.4, 0.5) is 0 Å². The van der Waals surface area contributed by atoms with Crippen LogP contribution in [0.15, 0.2) is 46.7 Å². The number of carbonyl (C=O) groups excluding carboxylic acids is 1. The van der Waals surface area contributed by atoms with Crippen LogP contribution in [-0.2, 0) is 13.6 Å². The first-order valence-electron chi connectivity index (χ1n) is 11.4. The Morgan fingerprint density at radius 2 is 2.15 bits per heavy atom. The van der Waals surface area contributed by atoms with Crippen LogP contribution in [0, 0.1) is 5.92 Å². The van der Waals surface area contributed by atoms with Gasteiger partial charge in [0.15, 0.2) is 5.82 Å². The van der Waals surface area contributed by atoms with E-state index in [0.717, 1.165) is 52.3 Å². The quantitative estimate of drug-likeness (QED) is 0.503. The van der Waals surface area contributed by atoms with Crippen molar-refractivity contribution in [2.45, 2.75) is 25.8 Å². The van der Waals surface area contributed by atoms with Crippen molar-refractivity contribution < 1.29 is 13.9 Å². The Bertz CT molecular complexity index is 1420. The molecule has 8 heteroatoms. The SMILES string of the molecule is COc1cc(C(=O)N2CCC=C(N)C2)cc2nc(-c3cc4ccoc4n3CC3CC3)n(C)c12. The zero-order chi connectivity index (χ0) is 22.7. The second-order valence-corrected chi connectivity index (χ2v) is 9.10. The zero-order valence-corrected chi connectivity index (χ0v) is 18.9. The predicted octanol–water partition coefficient (Wildman–Crippen LogP) is 3.90. The summed E-state index contributed by atoms with van der Waals surface area (Å²) in [5, 5.41) is 1.07. The Hall–Kier alpha value is -3.68.